The standard InChI is InChI=1S/C13H25NO5/c1-11(10-18-3)9-12(15)14(7-8-17-2)6-5-13(16)19-4/h11H,5-10H2,1-4H3. The van der Waals surface area contributed by atoms with Gasteiger partial charge in [-0.25, -0.2) is 0 Å². The van der Waals surface area contributed by atoms with E-state index in [1.165, 1.54) is 7.11 Å². The maximum absolute atomic E-state index is 12.1. The second kappa shape index (κ2) is 10.8. The lowest BCUT2D eigenvalue weighted by Gasteiger charge is -2.23. The summed E-state index contributed by atoms with van der Waals surface area (Å²) in [5.41, 5.74) is 0. The van der Waals surface area contributed by atoms with E-state index in [0.717, 1.165) is 0 Å². The van der Waals surface area contributed by atoms with Crippen molar-refractivity contribution in [2.24, 2.45) is 5.92 Å². The van der Waals surface area contributed by atoms with E-state index in [1.54, 1.807) is 19.1 Å². The first kappa shape index (κ1) is 17.9. The summed E-state index contributed by atoms with van der Waals surface area (Å²) < 4.78 is 14.6. The zero-order valence-electron chi connectivity index (χ0n) is 12.3. The highest BCUT2D eigenvalue weighted by atomic mass is 16.5. The van der Waals surface area contributed by atoms with E-state index in [9.17, 15) is 9.59 Å². The second-order valence-corrected chi connectivity index (χ2v) is 4.46. The number of methoxy groups -OCH3 is 3. The van der Waals surface area contributed by atoms with Gasteiger partial charge in [-0.1, -0.05) is 6.92 Å². The van der Waals surface area contributed by atoms with Gasteiger partial charge < -0.3 is 19.1 Å². The van der Waals surface area contributed by atoms with Crippen molar-refractivity contribution >= 4 is 11.9 Å². The first-order chi connectivity index (χ1) is 9.04. The van der Waals surface area contributed by atoms with Crippen LogP contribution in [-0.4, -0.2) is 64.4 Å². The van der Waals surface area contributed by atoms with Gasteiger partial charge >= 0.3 is 5.97 Å². The summed E-state index contributed by atoms with van der Waals surface area (Å²) in [7, 11) is 4.53. The summed E-state index contributed by atoms with van der Waals surface area (Å²) in [4.78, 5) is 24.9. The highest BCUT2D eigenvalue weighted by Crippen LogP contribution is 2.07. The van der Waals surface area contributed by atoms with Crippen molar-refractivity contribution in [1.82, 2.24) is 4.90 Å². The molecule has 0 bridgehead atoms. The summed E-state index contributed by atoms with van der Waals surface area (Å²) >= 11 is 0. The molecule has 1 atom stereocenters. The maximum Gasteiger partial charge on any atom is 0.307 e. The van der Waals surface area contributed by atoms with Crippen LogP contribution in [-0.2, 0) is 23.8 Å². The van der Waals surface area contributed by atoms with Gasteiger partial charge in [0.05, 0.1) is 20.1 Å². The van der Waals surface area contributed by atoms with Crippen LogP contribution in [0, 0.1) is 5.92 Å². The monoisotopic (exact) mass is 275 g/mol. The lowest BCUT2D eigenvalue weighted by molar-refractivity contribution is -0.142. The minimum absolute atomic E-state index is 0.00510. The molecule has 0 spiro atoms. The number of nitrogens with zero attached hydrogens (tertiary/aromatic N) is 1. The van der Waals surface area contributed by atoms with Gasteiger partial charge in [-0.05, 0) is 5.92 Å². The van der Waals surface area contributed by atoms with Gasteiger partial charge in [0.15, 0.2) is 0 Å². The first-order valence-electron chi connectivity index (χ1n) is 6.37. The van der Waals surface area contributed by atoms with Crippen LogP contribution in [0.5, 0.6) is 0 Å². The van der Waals surface area contributed by atoms with Crippen molar-refractivity contribution in [2.45, 2.75) is 19.8 Å². The molecule has 0 aromatic rings. The van der Waals surface area contributed by atoms with E-state index in [4.69, 9.17) is 9.47 Å². The maximum atomic E-state index is 12.1. The summed E-state index contributed by atoms with van der Waals surface area (Å²) in [6.45, 7) is 3.78. The van der Waals surface area contributed by atoms with Crippen molar-refractivity contribution < 1.29 is 23.8 Å². The third-order valence-electron chi connectivity index (χ3n) is 2.71. The van der Waals surface area contributed by atoms with Crippen LogP contribution in [0.3, 0.4) is 0 Å². The number of rotatable bonds is 10. The largest absolute Gasteiger partial charge is 0.469 e. The Bertz CT molecular complexity index is 270. The molecular formula is C13H25NO5. The van der Waals surface area contributed by atoms with Crippen LogP contribution in [0.1, 0.15) is 19.8 Å². The van der Waals surface area contributed by atoms with Crippen LogP contribution in [0.4, 0.5) is 0 Å². The predicted molar refractivity (Wildman–Crippen MR) is 70.7 cm³/mol. The van der Waals surface area contributed by atoms with E-state index < -0.39 is 0 Å². The van der Waals surface area contributed by atoms with Crippen LogP contribution in [0.2, 0.25) is 0 Å². The summed E-state index contributed by atoms with van der Waals surface area (Å²) in [5.74, 6) is -0.161. The smallest absolute Gasteiger partial charge is 0.307 e. The third kappa shape index (κ3) is 8.56. The molecule has 6 nitrogen and oxygen atoms in total. The molecule has 0 aliphatic rings. The number of hydrogen-bond donors (Lipinski definition) is 0. The van der Waals surface area contributed by atoms with Gasteiger partial charge in [0, 0.05) is 40.3 Å². The zero-order chi connectivity index (χ0) is 14.7. The minimum atomic E-state index is -0.319. The van der Waals surface area contributed by atoms with E-state index in [-0.39, 0.29) is 24.2 Å². The minimum Gasteiger partial charge on any atom is -0.469 e. The Kier molecular flexibility index (Phi) is 10.1. The molecule has 0 fully saturated rings. The van der Waals surface area contributed by atoms with Gasteiger partial charge in [0.2, 0.25) is 5.91 Å². The molecule has 0 heterocycles. The zero-order valence-corrected chi connectivity index (χ0v) is 12.3. The van der Waals surface area contributed by atoms with Crippen LogP contribution in [0.25, 0.3) is 0 Å². The van der Waals surface area contributed by atoms with E-state index in [0.29, 0.717) is 32.7 Å². The molecular weight excluding hydrogens is 250 g/mol. The first-order valence-corrected chi connectivity index (χ1v) is 6.37. The molecule has 0 aromatic carbocycles. The third-order valence-corrected chi connectivity index (χ3v) is 2.71. The van der Waals surface area contributed by atoms with Crippen molar-refractivity contribution in [3.05, 3.63) is 0 Å². The SMILES string of the molecule is COCCN(CCC(=O)OC)C(=O)CC(C)COC. The highest BCUT2D eigenvalue weighted by molar-refractivity contribution is 5.77. The van der Waals surface area contributed by atoms with Crippen molar-refractivity contribution in [1.29, 1.82) is 0 Å². The van der Waals surface area contributed by atoms with Gasteiger partial charge in [-0.2, -0.15) is 0 Å². The van der Waals surface area contributed by atoms with Crippen LogP contribution in [0.15, 0.2) is 0 Å². The average molecular weight is 275 g/mol. The van der Waals surface area contributed by atoms with E-state index in [2.05, 4.69) is 4.74 Å². The molecule has 0 aliphatic carbocycles. The lowest BCUT2D eigenvalue weighted by atomic mass is 10.1. The topological polar surface area (TPSA) is 65.1 Å². The molecule has 0 aliphatic heterocycles. The lowest BCUT2D eigenvalue weighted by Crippen LogP contribution is -2.36. The molecule has 0 rings (SSSR count). The average Bonchev–Trinajstić information content (AvgIpc) is 2.38. The van der Waals surface area contributed by atoms with Gasteiger partial charge in [-0.3, -0.25) is 9.59 Å². The summed E-state index contributed by atoms with van der Waals surface area (Å²) in [6.07, 6.45) is 0.601. The Morgan fingerprint density at radius 1 is 1.11 bits per heavy atom. The fraction of sp³-hybridized carbons (Fsp3) is 0.846. The molecule has 0 saturated carbocycles. The Balaban J connectivity index is 4.29. The molecule has 0 N–H and O–H groups in total. The molecule has 0 radical (unpaired) electrons. The molecule has 112 valence electrons. The number of hydrogen-bond acceptors (Lipinski definition) is 5. The summed E-state index contributed by atoms with van der Waals surface area (Å²) in [6, 6.07) is 0. The normalized spacial score (nSPS) is 12.0. The molecule has 0 saturated heterocycles. The van der Waals surface area contributed by atoms with E-state index >= 15 is 0 Å². The summed E-state index contributed by atoms with van der Waals surface area (Å²) in [5, 5.41) is 0. The molecule has 0 aromatic heterocycles. The number of carbonyl (C=O) groups excluding carboxylic acids is 2. The Hall–Kier alpha value is -1.14. The predicted octanol–water partition coefficient (Wildman–Crippen LogP) is 0.697. The highest BCUT2D eigenvalue weighted by Gasteiger charge is 2.17. The Labute approximate surface area is 115 Å². The fourth-order valence-electron chi connectivity index (χ4n) is 1.66. The number of carbonyl (C=O) groups is 2. The molecule has 1 unspecified atom stereocenters. The van der Waals surface area contributed by atoms with Gasteiger partial charge in [0.25, 0.3) is 0 Å². The number of esters is 1. The van der Waals surface area contributed by atoms with Gasteiger partial charge in [0.1, 0.15) is 0 Å². The number of ether oxygens (including phenoxy) is 3. The quantitative estimate of drug-likeness (QED) is 0.549. The number of amides is 1. The van der Waals surface area contributed by atoms with Gasteiger partial charge in [-0.15, -0.1) is 0 Å². The molecule has 6 heteroatoms. The van der Waals surface area contributed by atoms with Crippen molar-refractivity contribution in [2.75, 3.05) is 47.6 Å². The van der Waals surface area contributed by atoms with Crippen molar-refractivity contribution in [3.63, 3.8) is 0 Å². The molecule has 19 heavy (non-hydrogen) atoms. The van der Waals surface area contributed by atoms with Crippen molar-refractivity contribution in [3.8, 4) is 0 Å². The van der Waals surface area contributed by atoms with E-state index in [1.807, 2.05) is 6.92 Å². The van der Waals surface area contributed by atoms with Crippen LogP contribution >= 0.6 is 0 Å². The van der Waals surface area contributed by atoms with Crippen LogP contribution < -0.4 is 0 Å². The Morgan fingerprint density at radius 2 is 1.79 bits per heavy atom. The fourth-order valence-corrected chi connectivity index (χ4v) is 1.66. The second-order valence-electron chi connectivity index (χ2n) is 4.46. The Morgan fingerprint density at radius 3 is 2.32 bits per heavy atom. The molecule has 1 amide bonds.